The fourth-order valence-electron chi connectivity index (χ4n) is 1.98. The number of ketones is 1. The molecule has 0 aliphatic rings. The van der Waals surface area contributed by atoms with E-state index in [1.165, 1.54) is 0 Å². The minimum atomic E-state index is -0.0124. The SMILES string of the molecule is CCOc1cccc(NC(C)=CC(=O)c2ccccc2)c1. The number of nitrogens with one attached hydrogen (secondary N) is 1. The Labute approximate surface area is 125 Å². The van der Waals surface area contributed by atoms with E-state index in [-0.39, 0.29) is 5.78 Å². The predicted molar refractivity (Wildman–Crippen MR) is 85.8 cm³/mol. The van der Waals surface area contributed by atoms with Gasteiger partial charge in [0, 0.05) is 29.1 Å². The van der Waals surface area contributed by atoms with Crippen LogP contribution in [0.4, 0.5) is 5.69 Å². The number of benzene rings is 2. The minimum absolute atomic E-state index is 0.0124. The van der Waals surface area contributed by atoms with Gasteiger partial charge in [0.1, 0.15) is 5.75 Å². The van der Waals surface area contributed by atoms with E-state index in [2.05, 4.69) is 5.32 Å². The topological polar surface area (TPSA) is 38.3 Å². The smallest absolute Gasteiger partial charge is 0.187 e. The van der Waals surface area contributed by atoms with E-state index in [0.29, 0.717) is 12.2 Å². The van der Waals surface area contributed by atoms with Crippen LogP contribution in [0, 0.1) is 0 Å². The number of carbonyl (C=O) groups is 1. The fourth-order valence-corrected chi connectivity index (χ4v) is 1.98. The van der Waals surface area contributed by atoms with Crippen molar-refractivity contribution in [3.63, 3.8) is 0 Å². The zero-order valence-electron chi connectivity index (χ0n) is 12.3. The largest absolute Gasteiger partial charge is 0.494 e. The van der Waals surface area contributed by atoms with Crippen molar-refractivity contribution < 1.29 is 9.53 Å². The van der Waals surface area contributed by atoms with E-state index < -0.39 is 0 Å². The number of ether oxygens (including phenoxy) is 1. The molecular weight excluding hydrogens is 262 g/mol. The van der Waals surface area contributed by atoms with Crippen molar-refractivity contribution in [3.05, 3.63) is 71.9 Å². The molecule has 3 heteroatoms. The van der Waals surface area contributed by atoms with Crippen molar-refractivity contribution in [2.45, 2.75) is 13.8 Å². The standard InChI is InChI=1S/C18H19NO2/c1-3-21-17-11-7-10-16(13-17)19-14(2)12-18(20)15-8-5-4-6-9-15/h4-13,19H,3H2,1-2H3. The summed E-state index contributed by atoms with van der Waals surface area (Å²) in [6.07, 6.45) is 1.60. The van der Waals surface area contributed by atoms with Gasteiger partial charge in [0.15, 0.2) is 5.78 Å². The van der Waals surface area contributed by atoms with Gasteiger partial charge >= 0.3 is 0 Å². The second-order valence-electron chi connectivity index (χ2n) is 4.64. The molecule has 108 valence electrons. The molecule has 2 aromatic carbocycles. The molecule has 0 bridgehead atoms. The lowest BCUT2D eigenvalue weighted by atomic mass is 10.1. The number of hydrogen-bond donors (Lipinski definition) is 1. The molecule has 21 heavy (non-hydrogen) atoms. The first-order valence-corrected chi connectivity index (χ1v) is 6.96. The first-order chi connectivity index (χ1) is 10.2. The van der Waals surface area contributed by atoms with Gasteiger partial charge in [0.05, 0.1) is 6.61 Å². The highest BCUT2D eigenvalue weighted by Crippen LogP contribution is 2.18. The van der Waals surface area contributed by atoms with Gasteiger partial charge in [-0.25, -0.2) is 0 Å². The van der Waals surface area contributed by atoms with Crippen LogP contribution in [0.5, 0.6) is 5.75 Å². The molecule has 0 aromatic heterocycles. The summed E-state index contributed by atoms with van der Waals surface area (Å²) in [5, 5.41) is 3.20. The van der Waals surface area contributed by atoms with E-state index in [1.807, 2.05) is 68.4 Å². The van der Waals surface area contributed by atoms with Crippen LogP contribution in [-0.2, 0) is 0 Å². The normalized spacial score (nSPS) is 11.0. The summed E-state index contributed by atoms with van der Waals surface area (Å²) in [6.45, 7) is 4.45. The number of allylic oxidation sites excluding steroid dienone is 2. The van der Waals surface area contributed by atoms with Gasteiger partial charge in [-0.2, -0.15) is 0 Å². The second kappa shape index (κ2) is 7.29. The van der Waals surface area contributed by atoms with Crippen molar-refractivity contribution in [3.8, 4) is 5.75 Å². The monoisotopic (exact) mass is 281 g/mol. The van der Waals surface area contributed by atoms with Crippen LogP contribution < -0.4 is 10.1 Å². The van der Waals surface area contributed by atoms with Crippen LogP contribution in [0.15, 0.2) is 66.4 Å². The molecule has 2 rings (SSSR count). The molecular formula is C18H19NO2. The lowest BCUT2D eigenvalue weighted by molar-refractivity contribution is 0.104. The highest BCUT2D eigenvalue weighted by atomic mass is 16.5. The third-order valence-electron chi connectivity index (χ3n) is 2.89. The van der Waals surface area contributed by atoms with Gasteiger partial charge in [-0.15, -0.1) is 0 Å². The molecule has 0 amide bonds. The Balaban J connectivity index is 2.07. The van der Waals surface area contributed by atoms with Gasteiger partial charge in [0.25, 0.3) is 0 Å². The van der Waals surface area contributed by atoms with Crippen molar-refractivity contribution in [1.29, 1.82) is 0 Å². The maximum Gasteiger partial charge on any atom is 0.187 e. The molecule has 0 radical (unpaired) electrons. The van der Waals surface area contributed by atoms with Crippen LogP contribution in [0.3, 0.4) is 0 Å². The van der Waals surface area contributed by atoms with E-state index in [9.17, 15) is 4.79 Å². The molecule has 0 saturated carbocycles. The van der Waals surface area contributed by atoms with Crippen LogP contribution >= 0.6 is 0 Å². The Hall–Kier alpha value is -2.55. The molecule has 0 spiro atoms. The fraction of sp³-hybridized carbons (Fsp3) is 0.167. The summed E-state index contributed by atoms with van der Waals surface area (Å²) >= 11 is 0. The van der Waals surface area contributed by atoms with Gasteiger partial charge in [-0.05, 0) is 26.0 Å². The molecule has 3 nitrogen and oxygen atoms in total. The Kier molecular flexibility index (Phi) is 5.16. The molecule has 0 fully saturated rings. The lowest BCUT2D eigenvalue weighted by Gasteiger charge is -2.09. The maximum absolute atomic E-state index is 12.1. The molecule has 2 aromatic rings. The Morgan fingerprint density at radius 1 is 1.14 bits per heavy atom. The van der Waals surface area contributed by atoms with E-state index >= 15 is 0 Å². The highest BCUT2D eigenvalue weighted by molar-refractivity contribution is 6.05. The van der Waals surface area contributed by atoms with Crippen LogP contribution in [0.2, 0.25) is 0 Å². The Morgan fingerprint density at radius 3 is 2.62 bits per heavy atom. The third kappa shape index (κ3) is 4.49. The zero-order valence-corrected chi connectivity index (χ0v) is 12.3. The van der Waals surface area contributed by atoms with Crippen LogP contribution in [0.1, 0.15) is 24.2 Å². The quantitative estimate of drug-likeness (QED) is 0.634. The molecule has 0 heterocycles. The summed E-state index contributed by atoms with van der Waals surface area (Å²) in [5.41, 5.74) is 2.37. The molecule has 0 aliphatic heterocycles. The van der Waals surface area contributed by atoms with Crippen molar-refractivity contribution in [1.82, 2.24) is 0 Å². The Bertz CT molecular complexity index is 633. The van der Waals surface area contributed by atoms with Crippen molar-refractivity contribution >= 4 is 11.5 Å². The molecule has 0 unspecified atom stereocenters. The molecule has 0 aliphatic carbocycles. The van der Waals surface area contributed by atoms with E-state index in [4.69, 9.17) is 4.74 Å². The molecule has 0 saturated heterocycles. The summed E-state index contributed by atoms with van der Waals surface area (Å²) in [7, 11) is 0. The summed E-state index contributed by atoms with van der Waals surface area (Å²) in [5.74, 6) is 0.797. The lowest BCUT2D eigenvalue weighted by Crippen LogP contribution is -2.01. The average molecular weight is 281 g/mol. The summed E-state index contributed by atoms with van der Waals surface area (Å²) in [4.78, 5) is 12.1. The Morgan fingerprint density at radius 2 is 1.90 bits per heavy atom. The highest BCUT2D eigenvalue weighted by Gasteiger charge is 2.02. The first-order valence-electron chi connectivity index (χ1n) is 6.96. The third-order valence-corrected chi connectivity index (χ3v) is 2.89. The molecule has 1 N–H and O–H groups in total. The number of carbonyl (C=O) groups excluding carboxylic acids is 1. The first kappa shape index (κ1) is 14.9. The van der Waals surface area contributed by atoms with Crippen molar-refractivity contribution in [2.75, 3.05) is 11.9 Å². The maximum atomic E-state index is 12.1. The van der Waals surface area contributed by atoms with Crippen molar-refractivity contribution in [2.24, 2.45) is 0 Å². The zero-order chi connectivity index (χ0) is 15.1. The average Bonchev–Trinajstić information content (AvgIpc) is 2.48. The van der Waals surface area contributed by atoms with Gasteiger partial charge in [-0.1, -0.05) is 36.4 Å². The van der Waals surface area contributed by atoms with Gasteiger partial charge in [0.2, 0.25) is 0 Å². The van der Waals surface area contributed by atoms with E-state index in [0.717, 1.165) is 17.1 Å². The number of anilines is 1. The summed E-state index contributed by atoms with van der Waals surface area (Å²) < 4.78 is 5.45. The second-order valence-corrected chi connectivity index (χ2v) is 4.64. The number of hydrogen-bond acceptors (Lipinski definition) is 3. The van der Waals surface area contributed by atoms with Gasteiger partial charge in [-0.3, -0.25) is 4.79 Å². The van der Waals surface area contributed by atoms with Crippen LogP contribution in [0.25, 0.3) is 0 Å². The minimum Gasteiger partial charge on any atom is -0.494 e. The van der Waals surface area contributed by atoms with Gasteiger partial charge < -0.3 is 10.1 Å². The molecule has 0 atom stereocenters. The summed E-state index contributed by atoms with van der Waals surface area (Å²) in [6, 6.07) is 16.9. The number of rotatable bonds is 6. The predicted octanol–water partition coefficient (Wildman–Crippen LogP) is 4.28. The van der Waals surface area contributed by atoms with Crippen LogP contribution in [-0.4, -0.2) is 12.4 Å². The van der Waals surface area contributed by atoms with E-state index in [1.54, 1.807) is 6.08 Å².